The molecule has 0 aromatic carbocycles. The lowest BCUT2D eigenvalue weighted by Crippen LogP contribution is -2.13. The van der Waals surface area contributed by atoms with E-state index >= 15 is 0 Å². The molecule has 0 bridgehead atoms. The molecule has 0 heterocycles. The van der Waals surface area contributed by atoms with Crippen LogP contribution in [0.5, 0.6) is 0 Å². The van der Waals surface area contributed by atoms with Crippen molar-refractivity contribution < 1.29 is 0 Å². The van der Waals surface area contributed by atoms with Gasteiger partial charge in [0, 0.05) is 15.0 Å². The Labute approximate surface area is 75.8 Å². The van der Waals surface area contributed by atoms with Gasteiger partial charge in [0.15, 0.2) is 0 Å². The molecule has 0 nitrogen and oxygen atoms in total. The normalized spacial score (nSPS) is 18.0. The minimum absolute atomic E-state index is 0.488. The molecule has 0 rings (SSSR count). The molecule has 49 valence electrons. The molecule has 2 unspecified atom stereocenters. The fourth-order valence-electron chi connectivity index (χ4n) is 0.278. The van der Waals surface area contributed by atoms with E-state index in [0.29, 0.717) is 9.65 Å². The summed E-state index contributed by atoms with van der Waals surface area (Å²) >= 11 is 10.3. The minimum Gasteiger partial charge on any atom is -0.0916 e. The van der Waals surface area contributed by atoms with Gasteiger partial charge in [-0.05, 0) is 6.42 Å². The van der Waals surface area contributed by atoms with E-state index in [1.165, 1.54) is 0 Å². The minimum atomic E-state index is 0.488. The van der Waals surface area contributed by atoms with E-state index in [2.05, 4.69) is 54.7 Å². The van der Waals surface area contributed by atoms with Crippen LogP contribution in [0.2, 0.25) is 0 Å². The van der Waals surface area contributed by atoms with Crippen molar-refractivity contribution in [3.05, 3.63) is 6.92 Å². The maximum absolute atomic E-state index is 3.76. The van der Waals surface area contributed by atoms with Gasteiger partial charge in [0.25, 0.3) is 0 Å². The molecule has 2 atom stereocenters. The predicted molar refractivity (Wildman–Crippen MR) is 49.2 cm³/mol. The molecule has 0 aliphatic heterocycles. The summed E-state index contributed by atoms with van der Waals surface area (Å²) in [7, 11) is 0. The third-order valence-corrected chi connectivity index (χ3v) is 5.15. The third kappa shape index (κ3) is 3.46. The van der Waals surface area contributed by atoms with Gasteiger partial charge in [-0.15, -0.1) is 0 Å². The summed E-state index contributed by atoms with van der Waals surface area (Å²) in [5, 5.41) is 0.971. The van der Waals surface area contributed by atoms with Gasteiger partial charge in [0.2, 0.25) is 0 Å². The number of halogens is 3. The fourth-order valence-corrected chi connectivity index (χ4v) is 1.68. The number of hydrogen-bond donors (Lipinski definition) is 0. The first kappa shape index (κ1) is 9.44. The molecule has 0 aromatic heterocycles. The quantitative estimate of drug-likeness (QED) is 0.703. The van der Waals surface area contributed by atoms with Crippen molar-refractivity contribution in [2.45, 2.75) is 16.1 Å². The van der Waals surface area contributed by atoms with Gasteiger partial charge >= 0.3 is 0 Å². The highest BCUT2D eigenvalue weighted by atomic mass is 79.9. The first-order valence-corrected chi connectivity index (χ1v) is 5.31. The highest BCUT2D eigenvalue weighted by Gasteiger charge is 2.10. The first-order chi connectivity index (χ1) is 3.72. The van der Waals surface area contributed by atoms with E-state index in [9.17, 15) is 0 Å². The Morgan fingerprint density at radius 3 is 1.88 bits per heavy atom. The largest absolute Gasteiger partial charge is 0.0916 e. The van der Waals surface area contributed by atoms with E-state index in [1.54, 1.807) is 0 Å². The summed E-state index contributed by atoms with van der Waals surface area (Å²) in [6.07, 6.45) is 0.918. The Kier molecular flexibility index (Phi) is 6.19. The van der Waals surface area contributed by atoms with Crippen LogP contribution in [0.15, 0.2) is 0 Å². The molecule has 0 fully saturated rings. The molecule has 1 radical (unpaired) electrons. The zero-order valence-electron chi connectivity index (χ0n) is 4.41. The topological polar surface area (TPSA) is 0 Å². The highest BCUT2D eigenvalue weighted by Crippen LogP contribution is 2.18. The lowest BCUT2D eigenvalue weighted by Gasteiger charge is -2.09. The average molecular weight is 308 g/mol. The van der Waals surface area contributed by atoms with Gasteiger partial charge in [-0.1, -0.05) is 54.7 Å². The van der Waals surface area contributed by atoms with Crippen molar-refractivity contribution >= 4 is 47.8 Å². The SMILES string of the molecule is [CH2]CC(Br)C(Br)CBr. The molecule has 3 heteroatoms. The molecule has 0 aliphatic rings. The maximum Gasteiger partial charge on any atom is 0.0367 e. The number of hydrogen-bond acceptors (Lipinski definition) is 0. The molecule has 0 aromatic rings. The van der Waals surface area contributed by atoms with Crippen LogP contribution in [-0.4, -0.2) is 15.0 Å². The molecule has 8 heavy (non-hydrogen) atoms. The van der Waals surface area contributed by atoms with E-state index in [-0.39, 0.29) is 0 Å². The monoisotopic (exact) mass is 305 g/mol. The van der Waals surface area contributed by atoms with Gasteiger partial charge in [-0.25, -0.2) is 0 Å². The Morgan fingerprint density at radius 2 is 1.75 bits per heavy atom. The van der Waals surface area contributed by atoms with Crippen molar-refractivity contribution in [1.82, 2.24) is 0 Å². The summed E-state index contributed by atoms with van der Waals surface area (Å²) in [6.45, 7) is 3.76. The van der Waals surface area contributed by atoms with Gasteiger partial charge in [-0.2, -0.15) is 0 Å². The Bertz CT molecular complexity index is 47.6. The zero-order valence-corrected chi connectivity index (χ0v) is 9.17. The van der Waals surface area contributed by atoms with E-state index in [4.69, 9.17) is 0 Å². The van der Waals surface area contributed by atoms with E-state index in [1.807, 2.05) is 0 Å². The number of alkyl halides is 3. The molecular formula is C5H8Br3. The third-order valence-electron chi connectivity index (χ3n) is 0.816. The van der Waals surface area contributed by atoms with Crippen molar-refractivity contribution in [3.63, 3.8) is 0 Å². The van der Waals surface area contributed by atoms with Crippen LogP contribution in [0.25, 0.3) is 0 Å². The van der Waals surface area contributed by atoms with E-state index < -0.39 is 0 Å². The second kappa shape index (κ2) is 5.24. The molecule has 0 saturated heterocycles. The second-order valence-electron chi connectivity index (χ2n) is 1.47. The van der Waals surface area contributed by atoms with Gasteiger partial charge < -0.3 is 0 Å². The van der Waals surface area contributed by atoms with Crippen LogP contribution in [0.1, 0.15) is 6.42 Å². The van der Waals surface area contributed by atoms with Crippen molar-refractivity contribution in [1.29, 1.82) is 0 Å². The summed E-state index contributed by atoms with van der Waals surface area (Å²) in [5.41, 5.74) is 0. The maximum atomic E-state index is 3.76. The summed E-state index contributed by atoms with van der Waals surface area (Å²) in [6, 6.07) is 0. The summed E-state index contributed by atoms with van der Waals surface area (Å²) < 4.78 is 0. The molecule has 0 amide bonds. The Morgan fingerprint density at radius 1 is 1.25 bits per heavy atom. The standard InChI is InChI=1S/C5H8Br3/c1-2-4(7)5(8)3-6/h4-5H,1-3H2. The number of rotatable bonds is 3. The van der Waals surface area contributed by atoms with Gasteiger partial charge in [0.05, 0.1) is 0 Å². The van der Waals surface area contributed by atoms with Gasteiger partial charge in [0.1, 0.15) is 0 Å². The van der Waals surface area contributed by atoms with Crippen molar-refractivity contribution in [3.8, 4) is 0 Å². The van der Waals surface area contributed by atoms with Crippen LogP contribution in [0.3, 0.4) is 0 Å². The molecule has 0 saturated carbocycles. The van der Waals surface area contributed by atoms with Crippen LogP contribution in [0.4, 0.5) is 0 Å². The average Bonchev–Trinajstić information content (AvgIpc) is 1.84. The summed E-state index contributed by atoms with van der Waals surface area (Å²) in [5.74, 6) is 0. The van der Waals surface area contributed by atoms with Crippen LogP contribution < -0.4 is 0 Å². The van der Waals surface area contributed by atoms with Crippen LogP contribution >= 0.6 is 47.8 Å². The lowest BCUT2D eigenvalue weighted by atomic mass is 10.3. The van der Waals surface area contributed by atoms with Gasteiger partial charge in [-0.3, -0.25) is 0 Å². The summed E-state index contributed by atoms with van der Waals surface area (Å²) in [4.78, 5) is 0.988. The first-order valence-electron chi connectivity index (χ1n) is 2.35. The Hall–Kier alpha value is 1.44. The molecule has 0 aliphatic carbocycles. The van der Waals surface area contributed by atoms with Crippen LogP contribution in [0, 0.1) is 6.92 Å². The predicted octanol–water partition coefficient (Wildman–Crippen LogP) is 3.13. The molecular weight excluding hydrogens is 300 g/mol. The van der Waals surface area contributed by atoms with Crippen molar-refractivity contribution in [2.24, 2.45) is 0 Å². The smallest absolute Gasteiger partial charge is 0.0367 e. The highest BCUT2D eigenvalue weighted by molar-refractivity contribution is 9.13. The lowest BCUT2D eigenvalue weighted by molar-refractivity contribution is 0.890. The zero-order chi connectivity index (χ0) is 6.57. The second-order valence-corrected chi connectivity index (χ2v) is 4.47. The van der Waals surface area contributed by atoms with E-state index in [0.717, 1.165) is 11.8 Å². The Balaban J connectivity index is 3.29. The van der Waals surface area contributed by atoms with Crippen LogP contribution in [-0.2, 0) is 0 Å². The molecule has 0 spiro atoms. The fraction of sp³-hybridized carbons (Fsp3) is 0.800. The van der Waals surface area contributed by atoms with Crippen molar-refractivity contribution in [2.75, 3.05) is 5.33 Å². The molecule has 0 N–H and O–H groups in total.